The summed E-state index contributed by atoms with van der Waals surface area (Å²) in [4.78, 5) is 15.9. The Morgan fingerprint density at radius 1 is 1.21 bits per heavy atom. The van der Waals surface area contributed by atoms with E-state index in [-0.39, 0.29) is 0 Å². The lowest BCUT2D eigenvalue weighted by atomic mass is 9.91. The molecular formula is C22H27N5O. The molecule has 1 aliphatic heterocycles. The van der Waals surface area contributed by atoms with Crippen LogP contribution in [0.5, 0.6) is 0 Å². The van der Waals surface area contributed by atoms with Gasteiger partial charge in [-0.05, 0) is 44.3 Å². The average molecular weight is 377 g/mol. The molecule has 3 aromatic rings. The molecule has 1 saturated heterocycles. The lowest BCUT2D eigenvalue weighted by Gasteiger charge is -2.32. The monoisotopic (exact) mass is 377 g/mol. The van der Waals surface area contributed by atoms with Gasteiger partial charge in [-0.1, -0.05) is 42.4 Å². The van der Waals surface area contributed by atoms with Crippen LogP contribution >= 0.6 is 0 Å². The van der Waals surface area contributed by atoms with Gasteiger partial charge in [-0.25, -0.2) is 9.97 Å². The number of benzene rings is 1. The van der Waals surface area contributed by atoms with E-state index >= 15 is 0 Å². The molecule has 2 aromatic heterocycles. The maximum atomic E-state index is 5.30. The summed E-state index contributed by atoms with van der Waals surface area (Å²) in [5.41, 5.74) is 3.37. The van der Waals surface area contributed by atoms with Gasteiger partial charge in [-0.2, -0.15) is 4.98 Å². The van der Waals surface area contributed by atoms with E-state index in [2.05, 4.69) is 55.3 Å². The van der Waals surface area contributed by atoms with E-state index in [9.17, 15) is 0 Å². The van der Waals surface area contributed by atoms with E-state index in [1.807, 2.05) is 13.1 Å². The minimum Gasteiger partial charge on any atom is -0.339 e. The Morgan fingerprint density at radius 3 is 2.93 bits per heavy atom. The Hall–Kier alpha value is -2.60. The molecule has 0 radical (unpaired) electrons. The predicted octanol–water partition coefficient (Wildman–Crippen LogP) is 3.90. The Bertz CT molecular complexity index is 879. The van der Waals surface area contributed by atoms with Crippen molar-refractivity contribution in [2.45, 2.75) is 44.9 Å². The quantitative estimate of drug-likeness (QED) is 0.622. The zero-order valence-electron chi connectivity index (χ0n) is 16.4. The fourth-order valence-corrected chi connectivity index (χ4v) is 3.98. The number of nitrogens with zero attached hydrogens (tertiary/aromatic N) is 5. The molecule has 0 amide bonds. The molecule has 146 valence electrons. The molecule has 0 aliphatic carbocycles. The smallest absolute Gasteiger partial charge is 0.226 e. The van der Waals surface area contributed by atoms with Crippen LogP contribution in [0.4, 0.5) is 0 Å². The summed E-state index contributed by atoms with van der Waals surface area (Å²) in [5.74, 6) is 1.64. The lowest BCUT2D eigenvalue weighted by molar-refractivity contribution is 0.204. The maximum absolute atomic E-state index is 5.30. The van der Waals surface area contributed by atoms with Crippen molar-refractivity contribution < 1.29 is 4.52 Å². The zero-order chi connectivity index (χ0) is 19.2. The number of likely N-dealkylation sites (tertiary alicyclic amines) is 1. The second kappa shape index (κ2) is 9.06. The van der Waals surface area contributed by atoms with E-state index in [1.165, 1.54) is 18.4 Å². The Kier molecular flexibility index (Phi) is 6.07. The average Bonchev–Trinajstić information content (AvgIpc) is 3.24. The van der Waals surface area contributed by atoms with Gasteiger partial charge >= 0.3 is 0 Å². The molecule has 0 bridgehead atoms. The molecule has 1 fully saturated rings. The molecule has 0 unspecified atom stereocenters. The minimum absolute atomic E-state index is 0.382. The van der Waals surface area contributed by atoms with E-state index in [0.717, 1.165) is 50.2 Å². The van der Waals surface area contributed by atoms with Gasteiger partial charge in [0.05, 0.1) is 11.3 Å². The fourth-order valence-electron chi connectivity index (χ4n) is 3.98. The molecule has 28 heavy (non-hydrogen) atoms. The summed E-state index contributed by atoms with van der Waals surface area (Å²) < 4.78 is 5.30. The van der Waals surface area contributed by atoms with Crippen LogP contribution < -0.4 is 0 Å². The number of aryl methyl sites for hydroxylation is 2. The van der Waals surface area contributed by atoms with Crippen LogP contribution in [0.25, 0.3) is 11.4 Å². The van der Waals surface area contributed by atoms with Crippen LogP contribution in [0.2, 0.25) is 0 Å². The molecule has 1 aliphatic rings. The highest BCUT2D eigenvalue weighted by molar-refractivity contribution is 5.57. The van der Waals surface area contributed by atoms with Crippen molar-refractivity contribution in [2.75, 3.05) is 19.6 Å². The normalized spacial score (nSPS) is 17.7. The van der Waals surface area contributed by atoms with Crippen molar-refractivity contribution in [1.29, 1.82) is 0 Å². The molecule has 1 aromatic carbocycles. The van der Waals surface area contributed by atoms with Crippen molar-refractivity contribution in [3.8, 4) is 11.4 Å². The molecule has 6 heteroatoms. The third-order valence-electron chi connectivity index (χ3n) is 5.43. The van der Waals surface area contributed by atoms with Crippen LogP contribution in [0, 0.1) is 0 Å². The summed E-state index contributed by atoms with van der Waals surface area (Å²) in [6, 6.07) is 10.7. The standard InChI is InChI=1S/C22H27N5O/c1-2-20-25-22(26-28-20)19-14-23-16-24-21(19)18-11-7-13-27(15-18)12-6-10-17-8-4-3-5-9-17/h3-5,8-9,14,16,18H,2,6-7,10-13,15H2,1H3/t18-/m0/s1. The van der Waals surface area contributed by atoms with Gasteiger partial charge in [0, 0.05) is 25.1 Å². The van der Waals surface area contributed by atoms with Crippen LogP contribution in [0.3, 0.4) is 0 Å². The molecule has 6 nitrogen and oxygen atoms in total. The first-order valence-corrected chi connectivity index (χ1v) is 10.2. The SMILES string of the molecule is CCc1nc(-c2cncnc2[C@H]2CCCN(CCCc3ccccc3)C2)no1. The van der Waals surface area contributed by atoms with Crippen LogP contribution in [-0.2, 0) is 12.8 Å². The summed E-state index contributed by atoms with van der Waals surface area (Å²) in [5, 5.41) is 4.14. The topological polar surface area (TPSA) is 67.9 Å². The van der Waals surface area contributed by atoms with Crippen molar-refractivity contribution in [2.24, 2.45) is 0 Å². The number of hydrogen-bond acceptors (Lipinski definition) is 6. The highest BCUT2D eigenvalue weighted by Gasteiger charge is 2.26. The van der Waals surface area contributed by atoms with Crippen molar-refractivity contribution >= 4 is 0 Å². The highest BCUT2D eigenvalue weighted by Crippen LogP contribution is 2.31. The van der Waals surface area contributed by atoms with E-state index in [1.54, 1.807) is 6.33 Å². The molecular weight excluding hydrogens is 350 g/mol. The highest BCUT2D eigenvalue weighted by atomic mass is 16.5. The fraction of sp³-hybridized carbons (Fsp3) is 0.455. The largest absolute Gasteiger partial charge is 0.339 e. The first-order valence-electron chi connectivity index (χ1n) is 10.2. The first kappa shape index (κ1) is 18.7. The molecule has 3 heterocycles. The van der Waals surface area contributed by atoms with Gasteiger partial charge in [0.2, 0.25) is 11.7 Å². The van der Waals surface area contributed by atoms with Gasteiger partial charge < -0.3 is 9.42 Å². The van der Waals surface area contributed by atoms with Gasteiger partial charge in [0.15, 0.2) is 0 Å². The van der Waals surface area contributed by atoms with Gasteiger partial charge in [-0.15, -0.1) is 0 Å². The van der Waals surface area contributed by atoms with Crippen LogP contribution in [-0.4, -0.2) is 44.6 Å². The van der Waals surface area contributed by atoms with E-state index in [4.69, 9.17) is 4.52 Å². The summed E-state index contributed by atoms with van der Waals surface area (Å²) >= 11 is 0. The molecule has 1 atom stereocenters. The molecule has 0 N–H and O–H groups in total. The third kappa shape index (κ3) is 4.44. The van der Waals surface area contributed by atoms with Gasteiger partial charge in [-0.3, -0.25) is 0 Å². The van der Waals surface area contributed by atoms with Gasteiger partial charge in [0.25, 0.3) is 0 Å². The van der Waals surface area contributed by atoms with Crippen molar-refractivity contribution in [1.82, 2.24) is 25.0 Å². The van der Waals surface area contributed by atoms with Crippen LogP contribution in [0.1, 0.15) is 49.3 Å². The second-order valence-corrected chi connectivity index (χ2v) is 7.42. The second-order valence-electron chi connectivity index (χ2n) is 7.42. The number of rotatable bonds is 7. The molecule has 0 saturated carbocycles. The van der Waals surface area contributed by atoms with Crippen molar-refractivity contribution in [3.05, 3.63) is 60.0 Å². The summed E-state index contributed by atoms with van der Waals surface area (Å²) in [6.45, 7) is 5.31. The third-order valence-corrected chi connectivity index (χ3v) is 5.43. The lowest BCUT2D eigenvalue weighted by Crippen LogP contribution is -2.35. The Labute approximate surface area is 166 Å². The zero-order valence-corrected chi connectivity index (χ0v) is 16.4. The van der Waals surface area contributed by atoms with Crippen molar-refractivity contribution in [3.63, 3.8) is 0 Å². The Balaban J connectivity index is 1.42. The number of piperidine rings is 1. The molecule has 0 spiro atoms. The van der Waals surface area contributed by atoms with Gasteiger partial charge in [0.1, 0.15) is 6.33 Å². The summed E-state index contributed by atoms with van der Waals surface area (Å²) in [6.07, 6.45) is 8.81. The minimum atomic E-state index is 0.382. The number of hydrogen-bond donors (Lipinski definition) is 0. The molecule has 4 rings (SSSR count). The first-order chi connectivity index (χ1) is 13.8. The maximum Gasteiger partial charge on any atom is 0.226 e. The van der Waals surface area contributed by atoms with E-state index in [0.29, 0.717) is 17.6 Å². The number of aromatic nitrogens is 4. The summed E-state index contributed by atoms with van der Waals surface area (Å²) in [7, 11) is 0. The van der Waals surface area contributed by atoms with Crippen LogP contribution in [0.15, 0.2) is 47.4 Å². The van der Waals surface area contributed by atoms with E-state index < -0.39 is 0 Å². The predicted molar refractivity (Wildman–Crippen MR) is 108 cm³/mol. The Morgan fingerprint density at radius 2 is 2.11 bits per heavy atom.